The molecule has 0 fully saturated rings. The first-order valence-electron chi connectivity index (χ1n) is 11.1. The maximum absolute atomic E-state index is 12.8. The molecule has 0 bridgehead atoms. The average Bonchev–Trinajstić information content (AvgIpc) is 2.82. The fraction of sp³-hybridized carbons (Fsp3) is 0.346. The molecule has 0 unspecified atom stereocenters. The molecule has 2 aromatic rings. The monoisotopic (exact) mass is 468 g/mol. The summed E-state index contributed by atoms with van der Waals surface area (Å²) in [5.74, 6) is -1.60. The van der Waals surface area contributed by atoms with Gasteiger partial charge in [0.25, 0.3) is 0 Å². The molecule has 174 valence electrons. The van der Waals surface area contributed by atoms with Gasteiger partial charge in [0.1, 0.15) is 6.61 Å². The smallest absolute Gasteiger partial charge is 0.309 e. The molecule has 0 spiro atoms. The standard InChI is InChI=1S/C26H29ClN2O4/c1-18-7-5-6-10-21(15-24(30)28-16-19-11-13-22(27)14-12-19)26(32)33-17-23(29-25(18)31)20-8-3-2-4-9-20/h2-6,8-9,11-14,18,21,23H,7,10,15-17H2,1H3,(H,28,30)(H,29,31)/b6-5-/t18-,21-,23-/m0/s1. The normalized spacial score (nSPS) is 22.8. The zero-order valence-corrected chi connectivity index (χ0v) is 19.4. The van der Waals surface area contributed by atoms with Crippen molar-refractivity contribution < 1.29 is 19.1 Å². The highest BCUT2D eigenvalue weighted by Crippen LogP contribution is 2.20. The van der Waals surface area contributed by atoms with Crippen LogP contribution in [0.2, 0.25) is 5.02 Å². The lowest BCUT2D eigenvalue weighted by molar-refractivity contribution is -0.151. The van der Waals surface area contributed by atoms with Crippen LogP contribution in [-0.2, 0) is 25.7 Å². The van der Waals surface area contributed by atoms with Crippen molar-refractivity contribution in [3.8, 4) is 0 Å². The molecule has 0 aromatic heterocycles. The Morgan fingerprint density at radius 3 is 2.48 bits per heavy atom. The number of benzene rings is 2. The third kappa shape index (κ3) is 7.75. The Kier molecular flexibility index (Phi) is 9.07. The summed E-state index contributed by atoms with van der Waals surface area (Å²) in [6.45, 7) is 2.22. The van der Waals surface area contributed by atoms with Crippen molar-refractivity contribution in [3.05, 3.63) is 82.9 Å². The maximum atomic E-state index is 12.8. The molecule has 1 heterocycles. The van der Waals surface area contributed by atoms with Gasteiger partial charge < -0.3 is 15.4 Å². The van der Waals surface area contributed by atoms with Gasteiger partial charge in [-0.25, -0.2) is 0 Å². The van der Waals surface area contributed by atoms with Gasteiger partial charge in [0.15, 0.2) is 0 Å². The van der Waals surface area contributed by atoms with E-state index in [4.69, 9.17) is 16.3 Å². The van der Waals surface area contributed by atoms with Crippen LogP contribution in [0.3, 0.4) is 0 Å². The van der Waals surface area contributed by atoms with Crippen LogP contribution in [0.15, 0.2) is 66.7 Å². The summed E-state index contributed by atoms with van der Waals surface area (Å²) in [6.07, 6.45) is 4.68. The lowest BCUT2D eigenvalue weighted by Gasteiger charge is -2.23. The Hall–Kier alpha value is -3.12. The number of halogens is 1. The third-order valence-corrected chi connectivity index (χ3v) is 5.86. The van der Waals surface area contributed by atoms with Crippen molar-refractivity contribution in [2.24, 2.45) is 11.8 Å². The SMILES string of the molecule is C[C@H]1C/C=C\C[C@@H](CC(=O)NCc2ccc(Cl)cc2)C(=O)OC[C@@H](c2ccccc2)NC1=O. The number of amides is 2. The number of rotatable bonds is 5. The van der Waals surface area contributed by atoms with Gasteiger partial charge in [-0.1, -0.05) is 73.1 Å². The molecule has 3 atom stereocenters. The lowest BCUT2D eigenvalue weighted by atomic mass is 9.98. The van der Waals surface area contributed by atoms with Gasteiger partial charge in [-0.3, -0.25) is 14.4 Å². The first kappa shape index (κ1) is 24.5. The largest absolute Gasteiger partial charge is 0.463 e. The summed E-state index contributed by atoms with van der Waals surface area (Å²) in [6, 6.07) is 16.2. The van der Waals surface area contributed by atoms with E-state index < -0.39 is 17.9 Å². The van der Waals surface area contributed by atoms with Crippen LogP contribution in [0.1, 0.15) is 43.4 Å². The summed E-state index contributed by atoms with van der Waals surface area (Å²) >= 11 is 5.89. The van der Waals surface area contributed by atoms with Crippen molar-refractivity contribution in [1.82, 2.24) is 10.6 Å². The van der Waals surface area contributed by atoms with Crippen LogP contribution < -0.4 is 10.6 Å². The molecule has 2 N–H and O–H groups in total. The molecule has 0 aliphatic carbocycles. The van der Waals surface area contributed by atoms with Crippen molar-refractivity contribution in [1.29, 1.82) is 0 Å². The van der Waals surface area contributed by atoms with E-state index in [9.17, 15) is 14.4 Å². The minimum atomic E-state index is -0.603. The highest BCUT2D eigenvalue weighted by Gasteiger charge is 2.26. The van der Waals surface area contributed by atoms with E-state index in [1.54, 1.807) is 12.1 Å². The van der Waals surface area contributed by atoms with Crippen LogP contribution in [0.4, 0.5) is 0 Å². The second kappa shape index (κ2) is 12.2. The van der Waals surface area contributed by atoms with Crippen molar-refractivity contribution in [2.45, 2.75) is 38.8 Å². The fourth-order valence-electron chi connectivity index (χ4n) is 3.53. The molecular formula is C26H29ClN2O4. The number of nitrogens with one attached hydrogen (secondary N) is 2. The lowest BCUT2D eigenvalue weighted by Crippen LogP contribution is -2.36. The molecule has 33 heavy (non-hydrogen) atoms. The molecule has 6 nitrogen and oxygen atoms in total. The predicted octanol–water partition coefficient (Wildman–Crippen LogP) is 4.35. The predicted molar refractivity (Wildman–Crippen MR) is 127 cm³/mol. The molecule has 3 rings (SSSR count). The van der Waals surface area contributed by atoms with E-state index >= 15 is 0 Å². The van der Waals surface area contributed by atoms with Gasteiger partial charge in [0.05, 0.1) is 12.0 Å². The van der Waals surface area contributed by atoms with Gasteiger partial charge in [0, 0.05) is 23.9 Å². The Bertz CT molecular complexity index is 976. The van der Waals surface area contributed by atoms with Crippen LogP contribution in [0.25, 0.3) is 0 Å². The quantitative estimate of drug-likeness (QED) is 0.504. The summed E-state index contributed by atoms with van der Waals surface area (Å²) in [7, 11) is 0. The topological polar surface area (TPSA) is 84.5 Å². The zero-order chi connectivity index (χ0) is 23.6. The second-order valence-corrected chi connectivity index (χ2v) is 8.69. The molecular weight excluding hydrogens is 440 g/mol. The molecule has 7 heteroatoms. The molecule has 0 saturated carbocycles. The van der Waals surface area contributed by atoms with Gasteiger partial charge in [-0.2, -0.15) is 0 Å². The fourth-order valence-corrected chi connectivity index (χ4v) is 3.66. The van der Waals surface area contributed by atoms with Crippen molar-refractivity contribution in [2.75, 3.05) is 6.61 Å². The van der Waals surface area contributed by atoms with Crippen LogP contribution >= 0.6 is 11.6 Å². The number of hydrogen-bond donors (Lipinski definition) is 2. The number of hydrogen-bond acceptors (Lipinski definition) is 4. The summed E-state index contributed by atoms with van der Waals surface area (Å²) in [4.78, 5) is 37.9. The average molecular weight is 469 g/mol. The molecule has 2 aromatic carbocycles. The van der Waals surface area contributed by atoms with Crippen LogP contribution in [0.5, 0.6) is 0 Å². The van der Waals surface area contributed by atoms with E-state index in [-0.39, 0.29) is 30.8 Å². The van der Waals surface area contributed by atoms with Crippen molar-refractivity contribution >= 4 is 29.4 Å². The summed E-state index contributed by atoms with van der Waals surface area (Å²) in [5, 5.41) is 6.46. The Labute approximate surface area is 199 Å². The Morgan fingerprint density at radius 1 is 1.06 bits per heavy atom. The highest BCUT2D eigenvalue weighted by molar-refractivity contribution is 6.30. The summed E-state index contributed by atoms with van der Waals surface area (Å²) in [5.41, 5.74) is 1.78. The molecule has 1 aliphatic rings. The van der Waals surface area contributed by atoms with Crippen LogP contribution in [-0.4, -0.2) is 24.4 Å². The summed E-state index contributed by atoms with van der Waals surface area (Å²) < 4.78 is 5.57. The van der Waals surface area contributed by atoms with E-state index in [0.29, 0.717) is 24.4 Å². The third-order valence-electron chi connectivity index (χ3n) is 5.60. The molecule has 0 saturated heterocycles. The van der Waals surface area contributed by atoms with Gasteiger partial charge in [-0.15, -0.1) is 0 Å². The number of cyclic esters (lactones) is 1. The maximum Gasteiger partial charge on any atom is 0.309 e. The zero-order valence-electron chi connectivity index (χ0n) is 18.6. The first-order valence-corrected chi connectivity index (χ1v) is 11.5. The van der Waals surface area contributed by atoms with Crippen LogP contribution in [0, 0.1) is 11.8 Å². The van der Waals surface area contributed by atoms with Crippen molar-refractivity contribution in [3.63, 3.8) is 0 Å². The van der Waals surface area contributed by atoms with E-state index in [2.05, 4.69) is 10.6 Å². The molecule has 2 amide bonds. The minimum Gasteiger partial charge on any atom is -0.463 e. The first-order chi connectivity index (χ1) is 15.9. The van der Waals surface area contributed by atoms with Gasteiger partial charge >= 0.3 is 5.97 Å². The molecule has 0 radical (unpaired) electrons. The molecule has 1 aliphatic heterocycles. The number of allylic oxidation sites excluding steroid dienone is 2. The minimum absolute atomic E-state index is 0.00785. The number of carbonyl (C=O) groups is 3. The second-order valence-electron chi connectivity index (χ2n) is 8.25. The van der Waals surface area contributed by atoms with E-state index in [1.807, 2.05) is 61.5 Å². The number of ether oxygens (including phenoxy) is 1. The number of esters is 1. The van der Waals surface area contributed by atoms with E-state index in [1.165, 1.54) is 0 Å². The number of carbonyl (C=O) groups excluding carboxylic acids is 3. The highest BCUT2D eigenvalue weighted by atomic mass is 35.5. The van der Waals surface area contributed by atoms with Gasteiger partial charge in [0.2, 0.25) is 11.8 Å². The van der Waals surface area contributed by atoms with Gasteiger partial charge in [-0.05, 0) is 36.1 Å². The van der Waals surface area contributed by atoms with E-state index in [0.717, 1.165) is 11.1 Å². The Balaban J connectivity index is 1.66. The Morgan fingerprint density at radius 2 is 1.76 bits per heavy atom.